The molecule has 0 aliphatic carbocycles. The normalized spacial score (nSPS) is 29.7. The summed E-state index contributed by atoms with van der Waals surface area (Å²) in [5.74, 6) is -2.82. The number of esters is 1. The van der Waals surface area contributed by atoms with Crippen LogP contribution < -0.4 is 0 Å². The molecule has 3 aliphatic rings. The lowest BCUT2D eigenvalue weighted by Gasteiger charge is -2.39. The lowest BCUT2D eigenvalue weighted by atomic mass is 9.70. The maximum atomic E-state index is 14.6. The number of hydrogen-bond acceptors (Lipinski definition) is 8. The van der Waals surface area contributed by atoms with E-state index in [2.05, 4.69) is 32.8 Å². The minimum Gasteiger partial charge on any atom is -0.466 e. The predicted octanol–water partition coefficient (Wildman–Crippen LogP) is 2.12. The topological polar surface area (TPSA) is 127 Å². The molecule has 1 N–H and O–H groups in total. The summed E-state index contributed by atoms with van der Waals surface area (Å²) < 4.78 is 13.5. The van der Waals surface area contributed by atoms with E-state index in [0.29, 0.717) is 18.4 Å². The van der Waals surface area contributed by atoms with Gasteiger partial charge in [0.25, 0.3) is 0 Å². The Morgan fingerprint density at radius 1 is 1.38 bits per heavy atom. The third kappa shape index (κ3) is 4.53. The standard InChI is InChI=1S/C28H36BrN5O6/c1-5-11-32(15-33-20-10-8-7-9-19(20)30-31-33)26(37)24-28-13-18(29)23(40-28)21(27(38)39-6-2)22(28)25(36)34(24)17(14-35)12-16(3)4/h5,7-10,16-18,21-24,35H,1,6,11-15H2,2-4H3/t17-,18?,21-,22+,23-,24?,28?/m1/s1. The zero-order chi connectivity index (χ0) is 28.8. The number of nitrogens with zero attached hydrogens (tertiary/aromatic N) is 5. The van der Waals surface area contributed by atoms with Gasteiger partial charge >= 0.3 is 5.97 Å². The Hall–Kier alpha value is -2.83. The second kappa shape index (κ2) is 11.2. The number of para-hydroxylation sites is 1. The van der Waals surface area contributed by atoms with Gasteiger partial charge in [-0.1, -0.05) is 53.2 Å². The molecule has 1 spiro atoms. The van der Waals surface area contributed by atoms with Crippen molar-refractivity contribution in [2.75, 3.05) is 19.8 Å². The minimum atomic E-state index is -1.25. The highest BCUT2D eigenvalue weighted by Crippen LogP contribution is 2.60. The second-order valence-corrected chi connectivity index (χ2v) is 12.4. The van der Waals surface area contributed by atoms with E-state index in [1.54, 1.807) is 22.6 Å². The first-order valence-electron chi connectivity index (χ1n) is 13.8. The summed E-state index contributed by atoms with van der Waals surface area (Å²) in [4.78, 5) is 44.9. The molecule has 1 aromatic carbocycles. The van der Waals surface area contributed by atoms with Crippen LogP contribution in [0, 0.1) is 17.8 Å². The first-order chi connectivity index (χ1) is 19.2. The number of benzene rings is 1. The molecule has 3 aliphatic heterocycles. The van der Waals surface area contributed by atoms with Crippen LogP contribution in [0.3, 0.4) is 0 Å². The van der Waals surface area contributed by atoms with Gasteiger partial charge in [0.2, 0.25) is 11.8 Å². The van der Waals surface area contributed by atoms with Gasteiger partial charge in [-0.05, 0) is 37.8 Å². The number of hydrogen-bond donors (Lipinski definition) is 1. The smallest absolute Gasteiger partial charge is 0.312 e. The van der Waals surface area contributed by atoms with Crippen LogP contribution >= 0.6 is 15.9 Å². The minimum absolute atomic E-state index is 0.0705. The lowest BCUT2D eigenvalue weighted by molar-refractivity contribution is -0.156. The van der Waals surface area contributed by atoms with Gasteiger partial charge in [-0.2, -0.15) is 0 Å². The molecule has 3 saturated heterocycles. The Kier molecular flexibility index (Phi) is 8.04. The van der Waals surface area contributed by atoms with E-state index in [4.69, 9.17) is 9.47 Å². The van der Waals surface area contributed by atoms with Crippen LogP contribution in [0.4, 0.5) is 0 Å². The highest BCUT2D eigenvalue weighted by molar-refractivity contribution is 9.09. The van der Waals surface area contributed by atoms with Crippen LogP contribution in [0.25, 0.3) is 11.0 Å². The largest absolute Gasteiger partial charge is 0.466 e. The maximum absolute atomic E-state index is 14.6. The molecule has 5 rings (SSSR count). The van der Waals surface area contributed by atoms with Gasteiger partial charge in [0.15, 0.2) is 0 Å². The maximum Gasteiger partial charge on any atom is 0.312 e. The summed E-state index contributed by atoms with van der Waals surface area (Å²) in [5, 5.41) is 18.9. The van der Waals surface area contributed by atoms with E-state index < -0.39 is 41.6 Å². The van der Waals surface area contributed by atoms with E-state index in [1.807, 2.05) is 38.1 Å². The van der Waals surface area contributed by atoms with Gasteiger partial charge in [-0.3, -0.25) is 14.4 Å². The summed E-state index contributed by atoms with van der Waals surface area (Å²) in [6.45, 7) is 9.65. The van der Waals surface area contributed by atoms with Gasteiger partial charge in [-0.15, -0.1) is 11.7 Å². The number of aliphatic hydroxyl groups is 1. The van der Waals surface area contributed by atoms with Crippen LogP contribution in [-0.2, 0) is 30.5 Å². The quantitative estimate of drug-likeness (QED) is 0.231. The molecule has 7 atom stereocenters. The number of aromatic nitrogens is 3. The van der Waals surface area contributed by atoms with Gasteiger partial charge < -0.3 is 24.4 Å². The molecule has 0 saturated carbocycles. The molecular weight excluding hydrogens is 582 g/mol. The SMILES string of the molecule is C=CCN(Cn1nnc2ccccc21)C(=O)C1N([C@@H](CO)CC(C)C)C(=O)[C@@H]2[C@@H](C(=O)OCC)[C@@H]3OC12CC3Br. The molecule has 0 radical (unpaired) electrons. The number of fused-ring (bicyclic) bond motifs is 2. The molecule has 1 aromatic heterocycles. The summed E-state index contributed by atoms with van der Waals surface area (Å²) in [5.41, 5.74) is 0.201. The third-order valence-electron chi connectivity index (χ3n) is 8.25. The molecule has 4 heterocycles. The zero-order valence-corrected chi connectivity index (χ0v) is 24.6. The molecule has 2 bridgehead atoms. The average Bonchev–Trinajstić information content (AvgIpc) is 3.64. The summed E-state index contributed by atoms with van der Waals surface area (Å²) >= 11 is 3.67. The van der Waals surface area contributed by atoms with Crippen molar-refractivity contribution >= 4 is 44.7 Å². The van der Waals surface area contributed by atoms with Crippen molar-refractivity contribution < 1.29 is 29.0 Å². The van der Waals surface area contributed by atoms with Crippen LogP contribution in [-0.4, -0.2) is 96.1 Å². The number of likely N-dealkylation sites (tertiary alicyclic amines) is 1. The molecule has 216 valence electrons. The Bertz CT molecular complexity index is 1300. The first kappa shape index (κ1) is 28.7. The summed E-state index contributed by atoms with van der Waals surface area (Å²) in [6, 6.07) is 5.77. The molecule has 3 unspecified atom stereocenters. The number of carbonyl (C=O) groups excluding carboxylic acids is 3. The fourth-order valence-corrected chi connectivity index (χ4v) is 7.74. The molecule has 3 fully saturated rings. The van der Waals surface area contributed by atoms with Crippen LogP contribution in [0.1, 0.15) is 33.6 Å². The van der Waals surface area contributed by atoms with Gasteiger partial charge in [0.05, 0.1) is 42.7 Å². The second-order valence-electron chi connectivity index (χ2n) is 11.2. The predicted molar refractivity (Wildman–Crippen MR) is 149 cm³/mol. The zero-order valence-electron chi connectivity index (χ0n) is 23.0. The summed E-state index contributed by atoms with van der Waals surface area (Å²) in [7, 11) is 0. The van der Waals surface area contributed by atoms with E-state index in [-0.39, 0.29) is 49.0 Å². The fourth-order valence-electron chi connectivity index (χ4n) is 6.80. The van der Waals surface area contributed by atoms with Crippen molar-refractivity contribution in [3.8, 4) is 0 Å². The number of aliphatic hydroxyl groups excluding tert-OH is 1. The molecule has 11 nitrogen and oxygen atoms in total. The Labute approximate surface area is 241 Å². The van der Waals surface area contributed by atoms with Gasteiger partial charge in [0, 0.05) is 11.4 Å². The van der Waals surface area contributed by atoms with Crippen molar-refractivity contribution in [3.05, 3.63) is 36.9 Å². The van der Waals surface area contributed by atoms with Crippen LogP contribution in [0.2, 0.25) is 0 Å². The lowest BCUT2D eigenvalue weighted by Crippen LogP contribution is -2.59. The molecular formula is C28H36BrN5O6. The van der Waals surface area contributed by atoms with Crippen LogP contribution in [0.15, 0.2) is 36.9 Å². The first-order valence-corrected chi connectivity index (χ1v) is 14.7. The summed E-state index contributed by atoms with van der Waals surface area (Å²) in [6.07, 6.45) is 1.86. The number of halogens is 1. The van der Waals surface area contributed by atoms with E-state index >= 15 is 0 Å². The highest BCUT2D eigenvalue weighted by Gasteiger charge is 2.77. The molecule has 12 heteroatoms. The fraction of sp³-hybridized carbons (Fsp3) is 0.607. The number of amides is 2. The van der Waals surface area contributed by atoms with Crippen molar-refractivity contribution in [3.63, 3.8) is 0 Å². The number of ether oxygens (including phenoxy) is 2. The monoisotopic (exact) mass is 617 g/mol. The Balaban J connectivity index is 1.58. The molecule has 2 aromatic rings. The number of alkyl halides is 1. The van der Waals surface area contributed by atoms with Gasteiger partial charge in [0.1, 0.15) is 23.8 Å². The Morgan fingerprint density at radius 3 is 2.80 bits per heavy atom. The van der Waals surface area contributed by atoms with Crippen molar-refractivity contribution in [2.45, 2.75) is 68.9 Å². The number of rotatable bonds is 11. The highest BCUT2D eigenvalue weighted by atomic mass is 79.9. The average molecular weight is 619 g/mol. The Morgan fingerprint density at radius 2 is 2.12 bits per heavy atom. The van der Waals surface area contributed by atoms with E-state index in [0.717, 1.165) is 5.52 Å². The molecule has 40 heavy (non-hydrogen) atoms. The number of carbonyl (C=O) groups is 3. The van der Waals surface area contributed by atoms with Crippen molar-refractivity contribution in [2.24, 2.45) is 17.8 Å². The third-order valence-corrected chi connectivity index (χ3v) is 9.10. The van der Waals surface area contributed by atoms with Crippen LogP contribution in [0.5, 0.6) is 0 Å². The van der Waals surface area contributed by atoms with Crippen molar-refractivity contribution in [1.82, 2.24) is 24.8 Å². The van der Waals surface area contributed by atoms with Gasteiger partial charge in [-0.25, -0.2) is 4.68 Å². The van der Waals surface area contributed by atoms with Crippen molar-refractivity contribution in [1.29, 1.82) is 0 Å². The molecule has 2 amide bonds. The van der Waals surface area contributed by atoms with E-state index in [9.17, 15) is 19.5 Å². The van der Waals surface area contributed by atoms with E-state index in [1.165, 1.54) is 4.90 Å².